The van der Waals surface area contributed by atoms with Crippen LogP contribution in [0, 0.1) is 0 Å². The second-order valence-electron chi connectivity index (χ2n) is 4.00. The molecule has 0 rings (SSSR count). The van der Waals surface area contributed by atoms with E-state index < -0.39 is 0 Å². The van der Waals surface area contributed by atoms with Crippen molar-refractivity contribution in [2.75, 3.05) is 60.7 Å². The van der Waals surface area contributed by atoms with Gasteiger partial charge in [0.15, 0.2) is 5.96 Å². The molecule has 0 aromatic carbocycles. The van der Waals surface area contributed by atoms with E-state index in [2.05, 4.69) is 15.6 Å². The van der Waals surface area contributed by atoms with E-state index in [-0.39, 0.29) is 36.4 Å². The molecule has 0 unspecified atom stereocenters. The van der Waals surface area contributed by atoms with Crippen LogP contribution >= 0.6 is 24.0 Å². The zero-order valence-corrected chi connectivity index (χ0v) is 15.1. The number of hydrogen-bond donors (Lipinski definition) is 2. The van der Waals surface area contributed by atoms with Crippen LogP contribution < -0.4 is 10.6 Å². The molecule has 2 N–H and O–H groups in total. The lowest BCUT2D eigenvalue weighted by molar-refractivity contribution is -0.127. The summed E-state index contributed by atoms with van der Waals surface area (Å²) in [5.74, 6) is 0.546. The van der Waals surface area contributed by atoms with Gasteiger partial charge in [-0.2, -0.15) is 0 Å². The summed E-state index contributed by atoms with van der Waals surface area (Å²) in [5.41, 5.74) is 0. The second-order valence-corrected chi connectivity index (χ2v) is 4.00. The largest absolute Gasteiger partial charge is 0.383 e. The maximum atomic E-state index is 11.5. The average Bonchev–Trinajstić information content (AvgIpc) is 2.39. The number of halogens is 1. The first-order chi connectivity index (χ1) is 9.11. The van der Waals surface area contributed by atoms with Crippen LogP contribution in [0.25, 0.3) is 0 Å². The Morgan fingerprint density at radius 2 is 1.80 bits per heavy atom. The molecular formula is C12H27IN4O3. The summed E-state index contributed by atoms with van der Waals surface area (Å²) >= 11 is 0. The van der Waals surface area contributed by atoms with Crippen molar-refractivity contribution in [1.29, 1.82) is 0 Å². The Morgan fingerprint density at radius 1 is 1.20 bits per heavy atom. The van der Waals surface area contributed by atoms with Gasteiger partial charge in [-0.3, -0.25) is 4.79 Å². The van der Waals surface area contributed by atoms with Crippen molar-refractivity contribution in [3.05, 3.63) is 0 Å². The number of nitrogens with zero attached hydrogens (tertiary/aromatic N) is 2. The first kappa shape index (κ1) is 21.7. The summed E-state index contributed by atoms with van der Waals surface area (Å²) in [4.78, 5) is 17.2. The highest BCUT2D eigenvalue weighted by atomic mass is 127. The zero-order chi connectivity index (χ0) is 14.5. The predicted octanol–water partition coefficient (Wildman–Crippen LogP) is -0.0893. The van der Waals surface area contributed by atoms with Gasteiger partial charge < -0.3 is 25.0 Å². The molecule has 8 heteroatoms. The van der Waals surface area contributed by atoms with Gasteiger partial charge in [0.2, 0.25) is 5.91 Å². The number of nitrogens with one attached hydrogen (secondary N) is 2. The number of hydrogen-bond acceptors (Lipinski definition) is 4. The summed E-state index contributed by atoms with van der Waals surface area (Å²) in [5, 5.41) is 6.17. The van der Waals surface area contributed by atoms with E-state index in [1.54, 1.807) is 21.2 Å². The lowest BCUT2D eigenvalue weighted by atomic mass is 10.5. The number of aliphatic imine (C=N–C) groups is 1. The lowest BCUT2D eigenvalue weighted by Crippen LogP contribution is -2.41. The highest BCUT2D eigenvalue weighted by molar-refractivity contribution is 14.0. The van der Waals surface area contributed by atoms with Gasteiger partial charge in [0, 0.05) is 40.9 Å². The van der Waals surface area contributed by atoms with Gasteiger partial charge in [-0.25, -0.2) is 4.99 Å². The molecule has 0 aromatic heterocycles. The van der Waals surface area contributed by atoms with Crippen LogP contribution in [0.4, 0.5) is 0 Å². The van der Waals surface area contributed by atoms with Gasteiger partial charge in [0.1, 0.15) is 6.54 Å². The van der Waals surface area contributed by atoms with Crippen LogP contribution in [-0.4, -0.2) is 77.4 Å². The molecule has 0 saturated heterocycles. The minimum atomic E-state index is -0.0438. The maximum absolute atomic E-state index is 11.5. The fraction of sp³-hybridized carbons (Fsp3) is 0.833. The minimum Gasteiger partial charge on any atom is -0.383 e. The molecule has 0 aromatic rings. The van der Waals surface area contributed by atoms with Gasteiger partial charge in [-0.05, 0) is 6.92 Å². The van der Waals surface area contributed by atoms with Crippen molar-refractivity contribution in [1.82, 2.24) is 15.5 Å². The van der Waals surface area contributed by atoms with E-state index in [9.17, 15) is 4.79 Å². The van der Waals surface area contributed by atoms with Crippen molar-refractivity contribution >= 4 is 35.8 Å². The zero-order valence-electron chi connectivity index (χ0n) is 12.8. The third-order valence-electron chi connectivity index (χ3n) is 2.21. The quantitative estimate of drug-likeness (QED) is 0.244. The Bertz CT molecular complexity index is 275. The summed E-state index contributed by atoms with van der Waals surface area (Å²) in [6.07, 6.45) is 0. The van der Waals surface area contributed by atoms with Crippen molar-refractivity contribution in [3.8, 4) is 0 Å². The molecule has 0 bridgehead atoms. The Balaban J connectivity index is 0. The molecule has 0 atom stereocenters. The molecule has 120 valence electrons. The number of likely N-dealkylation sites (N-methyl/N-ethyl adjacent to an activating group) is 1. The third-order valence-corrected chi connectivity index (χ3v) is 2.21. The normalized spacial score (nSPS) is 10.7. The third kappa shape index (κ3) is 12.4. The van der Waals surface area contributed by atoms with Crippen molar-refractivity contribution in [2.45, 2.75) is 6.92 Å². The van der Waals surface area contributed by atoms with Gasteiger partial charge >= 0.3 is 0 Å². The molecule has 0 spiro atoms. The van der Waals surface area contributed by atoms with Crippen molar-refractivity contribution < 1.29 is 14.3 Å². The van der Waals surface area contributed by atoms with Crippen LogP contribution in [0.3, 0.4) is 0 Å². The van der Waals surface area contributed by atoms with E-state index in [1.807, 2.05) is 6.92 Å². The van der Waals surface area contributed by atoms with E-state index in [1.165, 1.54) is 4.90 Å². The molecule has 0 fully saturated rings. The van der Waals surface area contributed by atoms with E-state index >= 15 is 0 Å². The fourth-order valence-corrected chi connectivity index (χ4v) is 1.12. The fourth-order valence-electron chi connectivity index (χ4n) is 1.12. The molecule has 1 amide bonds. The number of carbonyl (C=O) groups is 1. The number of methoxy groups -OCH3 is 1. The van der Waals surface area contributed by atoms with Gasteiger partial charge in [-0.1, -0.05) is 0 Å². The highest BCUT2D eigenvalue weighted by Crippen LogP contribution is 1.82. The number of rotatable bonds is 9. The van der Waals surface area contributed by atoms with E-state index in [4.69, 9.17) is 9.47 Å². The maximum Gasteiger partial charge on any atom is 0.243 e. The van der Waals surface area contributed by atoms with Gasteiger partial charge in [-0.15, -0.1) is 24.0 Å². The number of ether oxygens (including phenoxy) is 2. The SMILES string of the molecule is CCOCCNC(=NCC(=O)N(C)C)NCCOC.I. The highest BCUT2D eigenvalue weighted by Gasteiger charge is 2.04. The van der Waals surface area contributed by atoms with E-state index in [0.717, 1.165) is 0 Å². The predicted molar refractivity (Wildman–Crippen MR) is 90.8 cm³/mol. The van der Waals surface area contributed by atoms with Gasteiger partial charge in [0.05, 0.1) is 13.2 Å². The Morgan fingerprint density at radius 3 is 2.30 bits per heavy atom. The van der Waals surface area contributed by atoms with Crippen LogP contribution in [0.1, 0.15) is 6.92 Å². The molecule has 0 heterocycles. The number of amides is 1. The molecule has 0 radical (unpaired) electrons. The molecule has 0 aliphatic rings. The number of carbonyl (C=O) groups excluding carboxylic acids is 1. The summed E-state index contributed by atoms with van der Waals surface area (Å²) in [6, 6.07) is 0. The topological polar surface area (TPSA) is 75.2 Å². The average molecular weight is 402 g/mol. The molecule has 7 nitrogen and oxygen atoms in total. The smallest absolute Gasteiger partial charge is 0.243 e. The van der Waals surface area contributed by atoms with Crippen LogP contribution in [-0.2, 0) is 14.3 Å². The molecule has 20 heavy (non-hydrogen) atoms. The first-order valence-corrected chi connectivity index (χ1v) is 6.40. The summed E-state index contributed by atoms with van der Waals surface area (Å²) < 4.78 is 10.2. The van der Waals surface area contributed by atoms with Crippen molar-refractivity contribution in [2.24, 2.45) is 4.99 Å². The van der Waals surface area contributed by atoms with Crippen LogP contribution in [0.2, 0.25) is 0 Å². The summed E-state index contributed by atoms with van der Waals surface area (Å²) in [6.45, 7) is 5.20. The Labute approximate surface area is 138 Å². The lowest BCUT2D eigenvalue weighted by Gasteiger charge is -2.13. The van der Waals surface area contributed by atoms with Crippen LogP contribution in [0.5, 0.6) is 0 Å². The van der Waals surface area contributed by atoms with E-state index in [0.29, 0.717) is 38.9 Å². The standard InChI is InChI=1S/C12H26N4O3.HI/c1-5-19-9-7-14-12(13-6-8-18-4)15-10-11(17)16(2)3;/h5-10H2,1-4H3,(H2,13,14,15);1H. The molecule has 0 aliphatic heterocycles. The molecule has 0 saturated carbocycles. The number of guanidine groups is 1. The minimum absolute atomic E-state index is 0. The molecular weight excluding hydrogens is 375 g/mol. The second kappa shape index (κ2) is 14.8. The van der Waals surface area contributed by atoms with Crippen LogP contribution in [0.15, 0.2) is 4.99 Å². The Hall–Kier alpha value is -0.610. The first-order valence-electron chi connectivity index (χ1n) is 6.40. The molecule has 0 aliphatic carbocycles. The monoisotopic (exact) mass is 402 g/mol. The Kier molecular flexibility index (Phi) is 16.0. The van der Waals surface area contributed by atoms with Crippen molar-refractivity contribution in [3.63, 3.8) is 0 Å². The summed E-state index contributed by atoms with van der Waals surface area (Å²) in [7, 11) is 5.05. The van der Waals surface area contributed by atoms with Gasteiger partial charge in [0.25, 0.3) is 0 Å².